The van der Waals surface area contributed by atoms with Crippen LogP contribution in [0.1, 0.15) is 19.8 Å². The van der Waals surface area contributed by atoms with Crippen LogP contribution >= 0.6 is 0 Å². The molecule has 7 heteroatoms. The minimum absolute atomic E-state index is 0.0658. The van der Waals surface area contributed by atoms with Crippen molar-refractivity contribution in [1.82, 2.24) is 15.1 Å². The van der Waals surface area contributed by atoms with Crippen molar-refractivity contribution < 1.29 is 19.5 Å². The van der Waals surface area contributed by atoms with Crippen molar-refractivity contribution in [3.63, 3.8) is 0 Å². The van der Waals surface area contributed by atoms with Crippen LogP contribution in [0, 0.1) is 0 Å². The third-order valence-electron chi connectivity index (χ3n) is 2.38. The number of aliphatic carboxylic acids is 1. The summed E-state index contributed by atoms with van der Waals surface area (Å²) in [6.45, 7) is 2.62. The van der Waals surface area contributed by atoms with Crippen LogP contribution in [-0.2, 0) is 9.59 Å². The summed E-state index contributed by atoms with van der Waals surface area (Å²) in [5.74, 6) is -1.01. The number of hydrogen-bond donors (Lipinski definition) is 2. The summed E-state index contributed by atoms with van der Waals surface area (Å²) in [4.78, 5) is 36.2. The van der Waals surface area contributed by atoms with Gasteiger partial charge in [-0.3, -0.25) is 9.59 Å². The molecule has 0 atom stereocenters. The Labute approximate surface area is 107 Å². The molecule has 18 heavy (non-hydrogen) atoms. The molecule has 3 amide bonds. The van der Waals surface area contributed by atoms with Crippen LogP contribution in [-0.4, -0.2) is 66.5 Å². The maximum absolute atomic E-state index is 11.6. The molecular formula is C11H21N3O4. The number of rotatable bonds is 7. The zero-order valence-electron chi connectivity index (χ0n) is 11.1. The van der Waals surface area contributed by atoms with E-state index >= 15 is 0 Å². The van der Waals surface area contributed by atoms with E-state index in [9.17, 15) is 14.4 Å². The molecule has 0 spiro atoms. The van der Waals surface area contributed by atoms with Crippen molar-refractivity contribution in [1.29, 1.82) is 0 Å². The molecular weight excluding hydrogens is 238 g/mol. The number of carboxylic acids is 1. The van der Waals surface area contributed by atoms with Crippen LogP contribution in [0.15, 0.2) is 0 Å². The molecule has 0 rings (SSSR count). The fourth-order valence-corrected chi connectivity index (χ4v) is 1.25. The Bertz CT molecular complexity index is 305. The van der Waals surface area contributed by atoms with Gasteiger partial charge in [0.2, 0.25) is 5.91 Å². The minimum Gasteiger partial charge on any atom is -0.481 e. The number of amides is 3. The average Bonchev–Trinajstić information content (AvgIpc) is 2.29. The van der Waals surface area contributed by atoms with E-state index < -0.39 is 5.97 Å². The van der Waals surface area contributed by atoms with Gasteiger partial charge >= 0.3 is 12.0 Å². The van der Waals surface area contributed by atoms with E-state index in [-0.39, 0.29) is 37.9 Å². The summed E-state index contributed by atoms with van der Waals surface area (Å²) in [5, 5.41) is 11.1. The molecule has 0 radical (unpaired) electrons. The lowest BCUT2D eigenvalue weighted by molar-refractivity contribution is -0.137. The van der Waals surface area contributed by atoms with Gasteiger partial charge in [0.25, 0.3) is 0 Å². The fraction of sp³-hybridized carbons (Fsp3) is 0.727. The molecule has 0 bridgehead atoms. The molecule has 0 aliphatic heterocycles. The van der Waals surface area contributed by atoms with Gasteiger partial charge in [-0.25, -0.2) is 4.79 Å². The largest absolute Gasteiger partial charge is 0.481 e. The number of carboxylic acid groups (broad SMARTS) is 1. The number of carbonyl (C=O) groups is 3. The van der Waals surface area contributed by atoms with Gasteiger partial charge in [0.05, 0.1) is 6.42 Å². The highest BCUT2D eigenvalue weighted by Gasteiger charge is 2.13. The summed E-state index contributed by atoms with van der Waals surface area (Å²) < 4.78 is 0. The van der Waals surface area contributed by atoms with Crippen LogP contribution in [0.5, 0.6) is 0 Å². The predicted octanol–water partition coefficient (Wildman–Crippen LogP) is -0.0291. The molecule has 0 heterocycles. The third-order valence-corrected chi connectivity index (χ3v) is 2.38. The normalized spacial score (nSPS) is 9.72. The maximum atomic E-state index is 11.6. The number of urea groups is 1. The lowest BCUT2D eigenvalue weighted by Gasteiger charge is -2.20. The lowest BCUT2D eigenvalue weighted by atomic mass is 10.3. The number of carbonyl (C=O) groups excluding carboxylic acids is 2. The summed E-state index contributed by atoms with van der Waals surface area (Å²) >= 11 is 0. The molecule has 0 aliphatic carbocycles. The topological polar surface area (TPSA) is 90.0 Å². The van der Waals surface area contributed by atoms with Crippen LogP contribution in [0.2, 0.25) is 0 Å². The van der Waals surface area contributed by atoms with Crippen molar-refractivity contribution >= 4 is 17.9 Å². The van der Waals surface area contributed by atoms with Gasteiger partial charge in [-0.1, -0.05) is 0 Å². The summed E-state index contributed by atoms with van der Waals surface area (Å²) in [7, 11) is 3.30. The van der Waals surface area contributed by atoms with Gasteiger partial charge in [0.1, 0.15) is 0 Å². The molecule has 0 fully saturated rings. The first-order valence-corrected chi connectivity index (χ1v) is 5.83. The highest BCUT2D eigenvalue weighted by molar-refractivity contribution is 5.78. The van der Waals surface area contributed by atoms with Crippen molar-refractivity contribution in [3.05, 3.63) is 0 Å². The SMILES string of the molecule is CCN(CCC(=O)O)C(=O)NCCC(=O)N(C)C. The maximum Gasteiger partial charge on any atom is 0.317 e. The second-order valence-corrected chi connectivity index (χ2v) is 3.99. The number of nitrogens with zero attached hydrogens (tertiary/aromatic N) is 2. The minimum atomic E-state index is -0.941. The zero-order valence-corrected chi connectivity index (χ0v) is 11.1. The van der Waals surface area contributed by atoms with Crippen molar-refractivity contribution in [2.24, 2.45) is 0 Å². The van der Waals surface area contributed by atoms with E-state index in [2.05, 4.69) is 5.32 Å². The molecule has 104 valence electrons. The van der Waals surface area contributed by atoms with Gasteiger partial charge in [-0.2, -0.15) is 0 Å². The van der Waals surface area contributed by atoms with E-state index in [1.165, 1.54) is 9.80 Å². The smallest absolute Gasteiger partial charge is 0.317 e. The molecule has 7 nitrogen and oxygen atoms in total. The Morgan fingerprint density at radius 3 is 2.22 bits per heavy atom. The van der Waals surface area contributed by atoms with E-state index in [0.717, 1.165) is 0 Å². The van der Waals surface area contributed by atoms with Gasteiger partial charge in [-0.05, 0) is 6.92 Å². The molecule has 0 aromatic carbocycles. The first-order chi connectivity index (χ1) is 8.38. The highest BCUT2D eigenvalue weighted by Crippen LogP contribution is 1.93. The van der Waals surface area contributed by atoms with Crippen molar-refractivity contribution in [2.75, 3.05) is 33.7 Å². The Morgan fingerprint density at radius 1 is 1.17 bits per heavy atom. The van der Waals surface area contributed by atoms with Gasteiger partial charge in [0, 0.05) is 40.2 Å². The van der Waals surface area contributed by atoms with E-state index in [1.807, 2.05) is 0 Å². The quantitative estimate of drug-likeness (QED) is 0.672. The molecule has 2 N–H and O–H groups in total. The standard InChI is InChI=1S/C11H21N3O4/c1-4-14(8-6-10(16)17)11(18)12-7-5-9(15)13(2)3/h4-8H2,1-3H3,(H,12,18)(H,16,17). The number of nitrogens with one attached hydrogen (secondary N) is 1. The summed E-state index contributed by atoms with van der Waals surface area (Å²) in [6.07, 6.45) is 0.146. The number of hydrogen-bond acceptors (Lipinski definition) is 3. The first-order valence-electron chi connectivity index (χ1n) is 5.83. The van der Waals surface area contributed by atoms with E-state index in [0.29, 0.717) is 6.54 Å². The van der Waals surface area contributed by atoms with Gasteiger partial charge in [0.15, 0.2) is 0 Å². The Hall–Kier alpha value is -1.79. The average molecular weight is 259 g/mol. The van der Waals surface area contributed by atoms with Crippen LogP contribution in [0.3, 0.4) is 0 Å². The van der Waals surface area contributed by atoms with E-state index in [4.69, 9.17) is 5.11 Å². The predicted molar refractivity (Wildman–Crippen MR) is 66.2 cm³/mol. The van der Waals surface area contributed by atoms with Gasteiger partial charge < -0.3 is 20.2 Å². The van der Waals surface area contributed by atoms with Gasteiger partial charge in [-0.15, -0.1) is 0 Å². The summed E-state index contributed by atoms with van der Waals surface area (Å²) in [5.41, 5.74) is 0. The lowest BCUT2D eigenvalue weighted by Crippen LogP contribution is -2.42. The zero-order chi connectivity index (χ0) is 14.1. The van der Waals surface area contributed by atoms with Crippen LogP contribution in [0.4, 0.5) is 4.79 Å². The van der Waals surface area contributed by atoms with Crippen LogP contribution < -0.4 is 5.32 Å². The molecule has 0 unspecified atom stereocenters. The second kappa shape index (κ2) is 8.32. The Kier molecular flexibility index (Phi) is 7.50. The monoisotopic (exact) mass is 259 g/mol. The third kappa shape index (κ3) is 6.72. The van der Waals surface area contributed by atoms with E-state index in [1.54, 1.807) is 21.0 Å². The Balaban J connectivity index is 3.97. The van der Waals surface area contributed by atoms with Crippen LogP contribution in [0.25, 0.3) is 0 Å². The fourth-order valence-electron chi connectivity index (χ4n) is 1.25. The summed E-state index contributed by atoms with van der Waals surface area (Å²) in [6, 6.07) is -0.342. The van der Waals surface area contributed by atoms with Crippen molar-refractivity contribution in [3.8, 4) is 0 Å². The molecule has 0 aliphatic rings. The Morgan fingerprint density at radius 2 is 1.78 bits per heavy atom. The molecule has 0 aromatic heterocycles. The molecule has 0 aromatic rings. The highest BCUT2D eigenvalue weighted by atomic mass is 16.4. The molecule has 0 saturated heterocycles. The molecule has 0 saturated carbocycles. The first kappa shape index (κ1) is 16.2. The van der Waals surface area contributed by atoms with Crippen molar-refractivity contribution in [2.45, 2.75) is 19.8 Å². The second-order valence-electron chi connectivity index (χ2n) is 3.99.